The maximum absolute atomic E-state index is 13.9. The topological polar surface area (TPSA) is 181 Å². The smallest absolute Gasteiger partial charge is 0.251 e. The average Bonchev–Trinajstić information content (AvgIpc) is 3.69. The number of carbonyl (C=O) groups excluding carboxylic acids is 2. The summed E-state index contributed by atoms with van der Waals surface area (Å²) < 4.78 is 36.9. The molecule has 1 aliphatic rings. The summed E-state index contributed by atoms with van der Waals surface area (Å²) in [4.78, 5) is 30.0. The molecule has 2 aromatic heterocycles. The van der Waals surface area contributed by atoms with Gasteiger partial charge in [0.25, 0.3) is 5.91 Å². The SMILES string of the molecule is Cc1nc2c(OCc3c(Cl)ccc(S(=O)(=O)N4CCC[C@H]4C(=O)NCCCNC(=O)c4ccc(/C(N)=N\O)cc4)c3Cl)cccn2c1C. The summed E-state index contributed by atoms with van der Waals surface area (Å²) in [5.41, 5.74) is 9.13. The number of rotatable bonds is 12. The number of ether oxygens (including phenoxy) is 1. The van der Waals surface area contributed by atoms with Gasteiger partial charge in [-0.3, -0.25) is 9.59 Å². The van der Waals surface area contributed by atoms with Gasteiger partial charge in [-0.15, -0.1) is 0 Å². The van der Waals surface area contributed by atoms with Gasteiger partial charge in [-0.05, 0) is 69.5 Å². The lowest BCUT2D eigenvalue weighted by Crippen LogP contribution is -2.46. The number of oxime groups is 1. The van der Waals surface area contributed by atoms with Crippen molar-refractivity contribution >= 4 is 56.5 Å². The van der Waals surface area contributed by atoms with E-state index in [0.29, 0.717) is 47.3 Å². The number of aryl methyl sites for hydroxylation is 2. The molecule has 2 aromatic carbocycles. The van der Waals surface area contributed by atoms with Gasteiger partial charge < -0.3 is 30.7 Å². The highest BCUT2D eigenvalue weighted by atomic mass is 35.5. The van der Waals surface area contributed by atoms with Crippen molar-refractivity contribution in [3.8, 4) is 5.75 Å². The van der Waals surface area contributed by atoms with Crippen molar-refractivity contribution in [3.05, 3.63) is 92.9 Å². The molecule has 48 heavy (non-hydrogen) atoms. The summed E-state index contributed by atoms with van der Waals surface area (Å²) in [6.07, 6.45) is 3.13. The summed E-state index contributed by atoms with van der Waals surface area (Å²) >= 11 is 13.2. The fourth-order valence-corrected chi connectivity index (χ4v) is 7.95. The third-order valence-corrected chi connectivity index (χ3v) is 11.0. The number of aromatic nitrogens is 2. The number of carbonyl (C=O) groups is 2. The zero-order chi connectivity index (χ0) is 34.6. The van der Waals surface area contributed by atoms with Crippen LogP contribution in [0.25, 0.3) is 5.65 Å². The minimum Gasteiger partial charge on any atom is -0.485 e. The molecule has 1 fully saturated rings. The van der Waals surface area contributed by atoms with Gasteiger partial charge in [-0.1, -0.05) is 40.5 Å². The van der Waals surface area contributed by atoms with Crippen LogP contribution in [0.2, 0.25) is 10.0 Å². The Morgan fingerprint density at radius 1 is 1.08 bits per heavy atom. The quantitative estimate of drug-likeness (QED) is 0.0558. The Hall–Kier alpha value is -4.37. The number of nitrogens with one attached hydrogen (secondary N) is 2. The summed E-state index contributed by atoms with van der Waals surface area (Å²) in [7, 11) is -4.19. The van der Waals surface area contributed by atoms with Crippen LogP contribution in [0.1, 0.15) is 52.1 Å². The number of pyridine rings is 1. The van der Waals surface area contributed by atoms with Crippen LogP contribution in [-0.2, 0) is 21.4 Å². The van der Waals surface area contributed by atoms with Crippen LogP contribution in [0.4, 0.5) is 0 Å². The third kappa shape index (κ3) is 7.21. The number of sulfonamides is 1. The average molecular weight is 717 g/mol. The van der Waals surface area contributed by atoms with E-state index in [0.717, 1.165) is 11.4 Å². The van der Waals surface area contributed by atoms with Gasteiger partial charge in [0.15, 0.2) is 17.2 Å². The van der Waals surface area contributed by atoms with E-state index in [9.17, 15) is 18.0 Å². The molecule has 0 radical (unpaired) electrons. The highest BCUT2D eigenvalue weighted by molar-refractivity contribution is 7.89. The molecule has 0 unspecified atom stereocenters. The lowest BCUT2D eigenvalue weighted by atomic mass is 10.1. The van der Waals surface area contributed by atoms with E-state index in [1.54, 1.807) is 30.3 Å². The number of imidazole rings is 1. The number of amidine groups is 1. The molecular weight excluding hydrogens is 681 g/mol. The zero-order valence-corrected chi connectivity index (χ0v) is 28.6. The minimum atomic E-state index is -4.19. The third-order valence-electron chi connectivity index (χ3n) is 8.19. The molecule has 0 saturated carbocycles. The van der Waals surface area contributed by atoms with Crippen molar-refractivity contribution < 1.29 is 28.0 Å². The molecule has 13 nitrogen and oxygen atoms in total. The standard InChI is InChI=1S/C32H35Cl2N7O6S/c1-19-20(2)40-16-4-7-26(30(40)38-19)47-18-23-24(33)12-13-27(28(23)34)48(45,46)41-17-3-6-25(41)32(43)37-15-5-14-36-31(42)22-10-8-21(9-11-22)29(35)39-44/h4,7-13,16,25,44H,3,5-6,14-15,17-18H2,1-2H3,(H2,35,39)(H,36,42)(H,37,43)/t25-/m0/s1. The fraction of sp³-hybridized carbons (Fsp3) is 0.312. The van der Waals surface area contributed by atoms with Crippen LogP contribution in [0.5, 0.6) is 5.75 Å². The molecule has 3 heterocycles. The number of fused-ring (bicyclic) bond motifs is 1. The van der Waals surface area contributed by atoms with Crippen molar-refractivity contribution in [3.63, 3.8) is 0 Å². The van der Waals surface area contributed by atoms with Crippen LogP contribution < -0.4 is 21.1 Å². The number of hydrogen-bond donors (Lipinski definition) is 4. The molecule has 0 spiro atoms. The van der Waals surface area contributed by atoms with Gasteiger partial charge in [-0.2, -0.15) is 4.31 Å². The Morgan fingerprint density at radius 2 is 1.79 bits per heavy atom. The molecular formula is C32H35Cl2N7O6S. The summed E-state index contributed by atoms with van der Waals surface area (Å²) in [6.45, 7) is 4.38. The largest absolute Gasteiger partial charge is 0.485 e. The van der Waals surface area contributed by atoms with Gasteiger partial charge in [0, 0.05) is 53.2 Å². The Labute approximate surface area is 287 Å². The normalized spacial score (nSPS) is 15.5. The van der Waals surface area contributed by atoms with E-state index in [1.807, 2.05) is 30.5 Å². The monoisotopic (exact) mass is 715 g/mol. The molecule has 4 aromatic rings. The number of nitrogens with two attached hydrogens (primary N) is 1. The maximum atomic E-state index is 13.9. The van der Waals surface area contributed by atoms with E-state index in [2.05, 4.69) is 20.8 Å². The molecule has 5 rings (SSSR count). The van der Waals surface area contributed by atoms with Gasteiger partial charge in [0.1, 0.15) is 17.5 Å². The second-order valence-electron chi connectivity index (χ2n) is 11.2. The van der Waals surface area contributed by atoms with Crippen molar-refractivity contribution in [2.45, 2.75) is 50.7 Å². The van der Waals surface area contributed by atoms with E-state index < -0.39 is 22.0 Å². The number of halogens is 2. The second kappa shape index (κ2) is 14.8. The van der Waals surface area contributed by atoms with Crippen molar-refractivity contribution in [1.82, 2.24) is 24.3 Å². The predicted molar refractivity (Wildman–Crippen MR) is 181 cm³/mol. The van der Waals surface area contributed by atoms with E-state index in [4.69, 9.17) is 38.9 Å². The van der Waals surface area contributed by atoms with Crippen LogP contribution in [0, 0.1) is 13.8 Å². The molecule has 1 aliphatic heterocycles. The molecule has 2 amide bonds. The van der Waals surface area contributed by atoms with Crippen molar-refractivity contribution in [1.29, 1.82) is 0 Å². The first-order chi connectivity index (χ1) is 22.9. The number of hydrogen-bond acceptors (Lipinski definition) is 8. The van der Waals surface area contributed by atoms with E-state index >= 15 is 0 Å². The van der Waals surface area contributed by atoms with Gasteiger partial charge >= 0.3 is 0 Å². The van der Waals surface area contributed by atoms with Crippen LogP contribution >= 0.6 is 23.2 Å². The van der Waals surface area contributed by atoms with Crippen LogP contribution in [0.3, 0.4) is 0 Å². The number of amides is 2. The highest BCUT2D eigenvalue weighted by Crippen LogP contribution is 2.36. The first-order valence-corrected chi connectivity index (χ1v) is 17.3. The Bertz CT molecular complexity index is 1980. The van der Waals surface area contributed by atoms with Gasteiger partial charge in [0.2, 0.25) is 15.9 Å². The lowest BCUT2D eigenvalue weighted by molar-refractivity contribution is -0.124. The van der Waals surface area contributed by atoms with Gasteiger partial charge in [-0.25, -0.2) is 13.4 Å². The lowest BCUT2D eigenvalue weighted by Gasteiger charge is -2.24. The summed E-state index contributed by atoms with van der Waals surface area (Å²) in [6, 6.07) is 11.7. The van der Waals surface area contributed by atoms with Gasteiger partial charge in [0.05, 0.1) is 10.7 Å². The molecule has 254 valence electrons. The number of benzene rings is 2. The summed E-state index contributed by atoms with van der Waals surface area (Å²) in [5.74, 6) is -0.344. The molecule has 0 aliphatic carbocycles. The first kappa shape index (κ1) is 35.0. The van der Waals surface area contributed by atoms with Crippen LogP contribution in [0.15, 0.2) is 64.8 Å². The van der Waals surface area contributed by atoms with Crippen molar-refractivity contribution in [2.24, 2.45) is 10.9 Å². The fourth-order valence-electron chi connectivity index (χ4n) is 5.43. The Balaban J connectivity index is 1.19. The van der Waals surface area contributed by atoms with Crippen LogP contribution in [-0.4, -0.2) is 70.6 Å². The zero-order valence-electron chi connectivity index (χ0n) is 26.2. The van der Waals surface area contributed by atoms with E-state index in [-0.39, 0.29) is 52.9 Å². The van der Waals surface area contributed by atoms with E-state index in [1.165, 1.54) is 16.4 Å². The molecule has 1 atom stereocenters. The maximum Gasteiger partial charge on any atom is 0.251 e. The Kier molecular flexibility index (Phi) is 10.8. The second-order valence-corrected chi connectivity index (χ2v) is 13.9. The van der Waals surface area contributed by atoms with Crippen molar-refractivity contribution in [2.75, 3.05) is 19.6 Å². The molecule has 16 heteroatoms. The first-order valence-electron chi connectivity index (χ1n) is 15.1. The molecule has 1 saturated heterocycles. The highest BCUT2D eigenvalue weighted by Gasteiger charge is 2.40. The molecule has 0 bridgehead atoms. The Morgan fingerprint density at radius 3 is 2.52 bits per heavy atom. The molecule has 5 N–H and O–H groups in total. The summed E-state index contributed by atoms with van der Waals surface area (Å²) in [5, 5.41) is 17.4. The minimum absolute atomic E-state index is 0.0670. The number of nitrogens with zero attached hydrogens (tertiary/aromatic N) is 4. The predicted octanol–water partition coefficient (Wildman–Crippen LogP) is 4.02.